The van der Waals surface area contributed by atoms with Crippen molar-refractivity contribution < 1.29 is 4.74 Å². The Hall–Kier alpha value is -3.51. The summed E-state index contributed by atoms with van der Waals surface area (Å²) in [7, 11) is 0. The van der Waals surface area contributed by atoms with Gasteiger partial charge in [-0.2, -0.15) is 4.99 Å². The zero-order chi connectivity index (χ0) is 19.5. The van der Waals surface area contributed by atoms with E-state index < -0.39 is 6.17 Å². The minimum absolute atomic E-state index is 0.136. The van der Waals surface area contributed by atoms with Crippen LogP contribution in [0, 0.1) is 0 Å². The van der Waals surface area contributed by atoms with Crippen molar-refractivity contribution in [1.29, 1.82) is 0 Å². The molecule has 0 saturated carbocycles. The second-order valence-electron chi connectivity index (χ2n) is 6.16. The molecule has 0 saturated heterocycles. The summed E-state index contributed by atoms with van der Waals surface area (Å²) in [4.78, 5) is 10.4. The zero-order valence-electron chi connectivity index (χ0n) is 14.9. The molecule has 1 atom stereocenters. The molecule has 28 heavy (non-hydrogen) atoms. The predicted molar refractivity (Wildman–Crippen MR) is 113 cm³/mol. The summed E-state index contributed by atoms with van der Waals surface area (Å²) in [5.41, 5.74) is 13.7. The molecule has 1 heterocycles. The first-order chi connectivity index (χ1) is 13.6. The second-order valence-corrected chi connectivity index (χ2v) is 6.60. The fraction of sp³-hybridized carbons (Fsp3) is 0.0476. The summed E-state index contributed by atoms with van der Waals surface area (Å²) < 4.78 is 5.85. The van der Waals surface area contributed by atoms with Crippen LogP contribution in [0.1, 0.15) is 11.7 Å². The molecule has 3 aromatic rings. The van der Waals surface area contributed by atoms with Gasteiger partial charge in [-0.25, -0.2) is 4.99 Å². The quantitative estimate of drug-likeness (QED) is 0.694. The van der Waals surface area contributed by atoms with Crippen LogP contribution >= 0.6 is 11.6 Å². The van der Waals surface area contributed by atoms with E-state index in [1.807, 2.05) is 66.7 Å². The van der Waals surface area contributed by atoms with Gasteiger partial charge in [-0.05, 0) is 54.1 Å². The third-order valence-electron chi connectivity index (χ3n) is 4.24. The molecule has 0 fully saturated rings. The monoisotopic (exact) mass is 391 g/mol. The number of anilines is 1. The number of hydrogen-bond acceptors (Lipinski definition) is 6. The van der Waals surface area contributed by atoms with Gasteiger partial charge in [0.15, 0.2) is 6.17 Å². The molecule has 0 bridgehead atoms. The normalized spacial score (nSPS) is 16.3. The fourth-order valence-electron chi connectivity index (χ4n) is 2.94. The van der Waals surface area contributed by atoms with Crippen LogP contribution in [0.15, 0.2) is 88.8 Å². The van der Waals surface area contributed by atoms with Crippen LogP contribution < -0.4 is 21.1 Å². The summed E-state index contributed by atoms with van der Waals surface area (Å²) in [5.74, 6) is 1.90. The maximum Gasteiger partial charge on any atom is 0.221 e. The lowest BCUT2D eigenvalue weighted by Gasteiger charge is -2.32. The highest BCUT2D eigenvalue weighted by Crippen LogP contribution is 2.32. The number of guanidine groups is 2. The van der Waals surface area contributed by atoms with Crippen molar-refractivity contribution in [3.8, 4) is 11.5 Å². The number of nitrogens with zero attached hydrogens (tertiary/aromatic N) is 3. The Labute approximate surface area is 167 Å². The molecule has 140 valence electrons. The molecule has 0 amide bonds. The first-order valence-electron chi connectivity index (χ1n) is 8.65. The van der Waals surface area contributed by atoms with Gasteiger partial charge in [-0.3, -0.25) is 4.90 Å². The van der Waals surface area contributed by atoms with Gasteiger partial charge in [0.05, 0.1) is 0 Å². The molecule has 0 aromatic heterocycles. The topological polar surface area (TPSA) is 89.2 Å². The highest BCUT2D eigenvalue weighted by Gasteiger charge is 2.27. The minimum Gasteiger partial charge on any atom is -0.457 e. The molecule has 0 spiro atoms. The van der Waals surface area contributed by atoms with Crippen molar-refractivity contribution in [2.45, 2.75) is 6.17 Å². The minimum atomic E-state index is -0.440. The van der Waals surface area contributed by atoms with E-state index in [4.69, 9.17) is 27.8 Å². The number of benzene rings is 3. The van der Waals surface area contributed by atoms with Crippen molar-refractivity contribution in [3.05, 3.63) is 89.4 Å². The Morgan fingerprint density at radius 1 is 0.821 bits per heavy atom. The highest BCUT2D eigenvalue weighted by molar-refractivity contribution is 6.30. The van der Waals surface area contributed by atoms with E-state index in [1.54, 1.807) is 17.0 Å². The van der Waals surface area contributed by atoms with Crippen molar-refractivity contribution >= 4 is 29.2 Å². The lowest BCUT2D eigenvalue weighted by molar-refractivity contribution is 0.482. The van der Waals surface area contributed by atoms with E-state index in [9.17, 15) is 0 Å². The van der Waals surface area contributed by atoms with Crippen LogP contribution in [0.3, 0.4) is 0 Å². The first-order valence-corrected chi connectivity index (χ1v) is 9.03. The molecule has 4 N–H and O–H groups in total. The van der Waals surface area contributed by atoms with Crippen LogP contribution in [0.5, 0.6) is 11.5 Å². The lowest BCUT2D eigenvalue weighted by Crippen LogP contribution is -2.44. The van der Waals surface area contributed by atoms with Crippen molar-refractivity contribution in [1.82, 2.24) is 0 Å². The molecular weight excluding hydrogens is 374 g/mol. The summed E-state index contributed by atoms with van der Waals surface area (Å²) in [6, 6.07) is 24.5. The number of hydrogen-bond donors (Lipinski definition) is 2. The Morgan fingerprint density at radius 3 is 2.14 bits per heavy atom. The molecule has 3 aromatic carbocycles. The molecule has 1 aliphatic rings. The Kier molecular flexibility index (Phi) is 4.87. The predicted octanol–water partition coefficient (Wildman–Crippen LogP) is 4.28. The molecule has 0 radical (unpaired) electrons. The maximum absolute atomic E-state index is 6.16. The summed E-state index contributed by atoms with van der Waals surface area (Å²) in [6.07, 6.45) is -0.440. The molecule has 4 rings (SSSR count). The molecular formula is C21H18ClN5O. The third kappa shape index (κ3) is 3.77. The fourth-order valence-corrected chi connectivity index (χ4v) is 3.07. The van der Waals surface area contributed by atoms with Gasteiger partial charge < -0.3 is 16.2 Å². The third-order valence-corrected chi connectivity index (χ3v) is 4.49. The summed E-state index contributed by atoms with van der Waals surface area (Å²) in [5, 5.41) is 0.637. The number of nitrogens with two attached hydrogens (primary N) is 2. The molecule has 0 aliphatic carbocycles. The average molecular weight is 392 g/mol. The summed E-state index contributed by atoms with van der Waals surface area (Å²) >= 11 is 6.01. The number of para-hydroxylation sites is 1. The second kappa shape index (κ2) is 7.62. The van der Waals surface area contributed by atoms with Crippen LogP contribution in [0.25, 0.3) is 0 Å². The van der Waals surface area contributed by atoms with Gasteiger partial charge in [0.25, 0.3) is 0 Å². The molecule has 6 nitrogen and oxygen atoms in total. The van der Waals surface area contributed by atoms with Crippen molar-refractivity contribution in [2.75, 3.05) is 4.90 Å². The Bertz CT molecular complexity index is 1020. The van der Waals surface area contributed by atoms with Crippen molar-refractivity contribution in [3.63, 3.8) is 0 Å². The van der Waals surface area contributed by atoms with Gasteiger partial charge in [0.1, 0.15) is 11.5 Å². The van der Waals surface area contributed by atoms with Gasteiger partial charge >= 0.3 is 0 Å². The highest BCUT2D eigenvalue weighted by atomic mass is 35.5. The molecule has 1 aliphatic heterocycles. The van der Waals surface area contributed by atoms with Crippen molar-refractivity contribution in [2.24, 2.45) is 21.5 Å². The van der Waals surface area contributed by atoms with E-state index in [0.29, 0.717) is 5.02 Å². The van der Waals surface area contributed by atoms with E-state index >= 15 is 0 Å². The van der Waals surface area contributed by atoms with Gasteiger partial charge in [0.2, 0.25) is 11.9 Å². The van der Waals surface area contributed by atoms with E-state index in [1.165, 1.54) is 0 Å². The number of ether oxygens (including phenoxy) is 1. The zero-order valence-corrected chi connectivity index (χ0v) is 15.6. The number of aliphatic imine (C=N–C) groups is 2. The standard InChI is InChI=1S/C21H18ClN5O/c22-15-8-10-16(11-9-15)27-19(25-20(23)26-21(27)24)14-6-12-18(13-7-14)28-17-4-2-1-3-5-17/h1-13,19H,(H4,23,24,25,26). The lowest BCUT2D eigenvalue weighted by atomic mass is 10.1. The SMILES string of the molecule is NC1=NC(c2ccc(Oc3ccccc3)cc2)N(c2ccc(Cl)cc2)C(N)=N1. The van der Waals surface area contributed by atoms with E-state index in [2.05, 4.69) is 9.98 Å². The van der Waals surface area contributed by atoms with Gasteiger partial charge in [-0.1, -0.05) is 41.9 Å². The van der Waals surface area contributed by atoms with Crippen LogP contribution in [-0.2, 0) is 0 Å². The molecule has 7 heteroatoms. The number of rotatable bonds is 4. The Morgan fingerprint density at radius 2 is 1.46 bits per heavy atom. The number of halogens is 1. The van der Waals surface area contributed by atoms with Crippen LogP contribution in [0.2, 0.25) is 5.02 Å². The first kappa shape index (κ1) is 17.9. The smallest absolute Gasteiger partial charge is 0.221 e. The summed E-state index contributed by atoms with van der Waals surface area (Å²) in [6.45, 7) is 0. The van der Waals surface area contributed by atoms with Gasteiger partial charge in [0, 0.05) is 10.7 Å². The van der Waals surface area contributed by atoms with E-state index in [0.717, 1.165) is 22.7 Å². The maximum atomic E-state index is 6.16. The van der Waals surface area contributed by atoms with Crippen LogP contribution in [0.4, 0.5) is 5.69 Å². The Balaban J connectivity index is 1.63. The molecule has 1 unspecified atom stereocenters. The average Bonchev–Trinajstić information content (AvgIpc) is 2.70. The van der Waals surface area contributed by atoms with Crippen LogP contribution in [-0.4, -0.2) is 11.9 Å². The van der Waals surface area contributed by atoms with Gasteiger partial charge in [-0.15, -0.1) is 0 Å². The largest absolute Gasteiger partial charge is 0.457 e. The van der Waals surface area contributed by atoms with E-state index in [-0.39, 0.29) is 11.9 Å².